The second-order valence-electron chi connectivity index (χ2n) is 15.5. The maximum absolute atomic E-state index is 14.7. The predicted molar refractivity (Wildman–Crippen MR) is 195 cm³/mol. The highest BCUT2D eigenvalue weighted by Crippen LogP contribution is 2.27. The molecule has 9 heteroatoms. The molecule has 0 aliphatic heterocycles. The molecule has 2 N–H and O–H groups in total. The van der Waals surface area contributed by atoms with Crippen LogP contribution in [-0.2, 0) is 30.3 Å². The summed E-state index contributed by atoms with van der Waals surface area (Å²) in [6, 6.07) is 12.2. The van der Waals surface area contributed by atoms with Crippen LogP contribution in [0.4, 0.5) is 4.79 Å². The van der Waals surface area contributed by atoms with E-state index in [0.29, 0.717) is 18.4 Å². The van der Waals surface area contributed by atoms with Gasteiger partial charge in [0.1, 0.15) is 29.3 Å². The topological polar surface area (TPSA) is 114 Å². The number of hydrogen-bond donors (Lipinski definition) is 2. The number of benzene rings is 2. The smallest absolute Gasteiger partial charge is 0.408 e. The van der Waals surface area contributed by atoms with Gasteiger partial charge in [0.25, 0.3) is 0 Å². The summed E-state index contributed by atoms with van der Waals surface area (Å²) in [4.78, 5) is 57.6. The number of rotatable bonds is 16. The van der Waals surface area contributed by atoms with Crippen LogP contribution in [0.2, 0.25) is 0 Å². The third-order valence-electron chi connectivity index (χ3n) is 7.64. The lowest BCUT2D eigenvalue weighted by Gasteiger charge is -2.36. The molecule has 2 aromatic rings. The SMILES string of the molecule is CCCCCCN(C(=O)C(CC(C)C)NC(=O)OC(C)(C)C)C(C(=O)NC(Cc1ccccc1)C(=O)OC(C)(C)C)c1cc(C)cc(C)c1. The minimum Gasteiger partial charge on any atom is -0.458 e. The number of hydrogen-bond acceptors (Lipinski definition) is 6. The van der Waals surface area contributed by atoms with Crippen molar-refractivity contribution in [2.24, 2.45) is 5.92 Å². The van der Waals surface area contributed by atoms with Gasteiger partial charge in [0, 0.05) is 13.0 Å². The minimum atomic E-state index is -1.08. The first-order valence-corrected chi connectivity index (χ1v) is 17.7. The van der Waals surface area contributed by atoms with Gasteiger partial charge in [-0.15, -0.1) is 0 Å². The Morgan fingerprint density at radius 3 is 1.90 bits per heavy atom. The quantitative estimate of drug-likeness (QED) is 0.139. The summed E-state index contributed by atoms with van der Waals surface area (Å²) in [5, 5.41) is 5.81. The Morgan fingerprint density at radius 1 is 0.776 bits per heavy atom. The third kappa shape index (κ3) is 15.0. The van der Waals surface area contributed by atoms with Gasteiger partial charge in [0.05, 0.1) is 0 Å². The van der Waals surface area contributed by atoms with Crippen molar-refractivity contribution in [3.05, 3.63) is 70.8 Å². The number of esters is 1. The lowest BCUT2D eigenvalue weighted by molar-refractivity contribution is -0.159. The molecule has 0 saturated carbocycles. The Hall–Kier alpha value is -3.88. The average Bonchev–Trinajstić information content (AvgIpc) is 2.95. The van der Waals surface area contributed by atoms with Crippen LogP contribution in [0, 0.1) is 19.8 Å². The highest BCUT2D eigenvalue weighted by molar-refractivity contribution is 5.94. The molecule has 0 aliphatic carbocycles. The summed E-state index contributed by atoms with van der Waals surface area (Å²) in [6.45, 7) is 20.9. The normalized spacial score (nSPS) is 13.6. The molecular weight excluding hydrogens is 618 g/mol. The van der Waals surface area contributed by atoms with Crippen LogP contribution in [-0.4, -0.2) is 58.6 Å². The van der Waals surface area contributed by atoms with E-state index in [1.54, 1.807) is 46.4 Å². The van der Waals surface area contributed by atoms with Gasteiger partial charge < -0.3 is 25.0 Å². The fourth-order valence-corrected chi connectivity index (χ4v) is 5.73. The van der Waals surface area contributed by atoms with E-state index in [-0.39, 0.29) is 24.8 Å². The van der Waals surface area contributed by atoms with E-state index in [2.05, 4.69) is 17.6 Å². The fraction of sp³-hybridized carbons (Fsp3) is 0.600. The summed E-state index contributed by atoms with van der Waals surface area (Å²) in [7, 11) is 0. The van der Waals surface area contributed by atoms with E-state index in [4.69, 9.17) is 9.47 Å². The molecule has 49 heavy (non-hydrogen) atoms. The van der Waals surface area contributed by atoms with Crippen LogP contribution < -0.4 is 10.6 Å². The number of nitrogens with zero attached hydrogens (tertiary/aromatic N) is 1. The molecule has 0 bridgehead atoms. The van der Waals surface area contributed by atoms with Crippen LogP contribution >= 0.6 is 0 Å². The van der Waals surface area contributed by atoms with Gasteiger partial charge in [-0.1, -0.05) is 99.7 Å². The Labute approximate surface area is 294 Å². The first-order valence-electron chi connectivity index (χ1n) is 17.7. The summed E-state index contributed by atoms with van der Waals surface area (Å²) in [6.07, 6.45) is 3.37. The second-order valence-corrected chi connectivity index (χ2v) is 15.5. The van der Waals surface area contributed by atoms with E-state index in [1.165, 1.54) is 0 Å². The number of carbonyl (C=O) groups is 4. The first kappa shape index (κ1) is 41.3. The maximum atomic E-state index is 14.7. The van der Waals surface area contributed by atoms with Crippen LogP contribution in [0.1, 0.15) is 123 Å². The summed E-state index contributed by atoms with van der Waals surface area (Å²) in [5.74, 6) is -1.39. The molecule has 0 spiro atoms. The molecule has 3 atom stereocenters. The largest absolute Gasteiger partial charge is 0.458 e. The number of nitrogens with one attached hydrogen (secondary N) is 2. The fourth-order valence-electron chi connectivity index (χ4n) is 5.73. The number of amides is 3. The molecule has 2 rings (SSSR count). The van der Waals surface area contributed by atoms with Gasteiger partial charge in [0.15, 0.2) is 0 Å². The molecule has 9 nitrogen and oxygen atoms in total. The zero-order valence-electron chi connectivity index (χ0n) is 31.8. The number of carbonyl (C=O) groups excluding carboxylic acids is 4. The predicted octanol–water partition coefficient (Wildman–Crippen LogP) is 7.76. The molecule has 0 fully saturated rings. The van der Waals surface area contributed by atoms with Crippen molar-refractivity contribution in [1.29, 1.82) is 0 Å². The number of unbranched alkanes of at least 4 members (excludes halogenated alkanes) is 3. The van der Waals surface area contributed by atoms with Crippen molar-refractivity contribution in [3.8, 4) is 0 Å². The van der Waals surface area contributed by atoms with E-state index in [0.717, 1.165) is 36.0 Å². The van der Waals surface area contributed by atoms with Gasteiger partial charge in [0.2, 0.25) is 11.8 Å². The standard InChI is InChI=1S/C40H61N3O6/c1-12-13-14-18-21-43(36(45)32(22-27(2)3)42-38(47)49-40(9,10)11)34(31-24-28(4)23-29(5)25-31)35(44)41-33(37(46)48-39(6,7)8)26-30-19-16-15-17-20-30/h15-17,19-20,23-25,27,32-34H,12-14,18,21-22,26H2,1-11H3,(H,41,44)(H,42,47). The van der Waals surface area contributed by atoms with Crippen molar-refractivity contribution in [1.82, 2.24) is 15.5 Å². The van der Waals surface area contributed by atoms with Crippen LogP contribution in [0.5, 0.6) is 0 Å². The van der Waals surface area contributed by atoms with E-state index in [1.807, 2.05) is 76.2 Å². The molecule has 3 amide bonds. The van der Waals surface area contributed by atoms with Crippen molar-refractivity contribution in [2.75, 3.05) is 6.54 Å². The Bertz CT molecular complexity index is 1360. The zero-order chi connectivity index (χ0) is 36.9. The number of ether oxygens (including phenoxy) is 2. The zero-order valence-corrected chi connectivity index (χ0v) is 31.8. The van der Waals surface area contributed by atoms with Crippen LogP contribution in [0.15, 0.2) is 48.5 Å². The van der Waals surface area contributed by atoms with Crippen molar-refractivity contribution in [2.45, 2.75) is 144 Å². The van der Waals surface area contributed by atoms with E-state index in [9.17, 15) is 19.2 Å². The Balaban J connectivity index is 2.68. The van der Waals surface area contributed by atoms with Gasteiger partial charge in [-0.05, 0) is 85.3 Å². The molecule has 0 saturated heterocycles. The van der Waals surface area contributed by atoms with Crippen LogP contribution in [0.25, 0.3) is 0 Å². The van der Waals surface area contributed by atoms with Gasteiger partial charge in [-0.25, -0.2) is 9.59 Å². The minimum absolute atomic E-state index is 0.0572. The van der Waals surface area contributed by atoms with E-state index < -0.39 is 47.3 Å². The molecule has 2 aromatic carbocycles. The first-order chi connectivity index (χ1) is 22.8. The third-order valence-corrected chi connectivity index (χ3v) is 7.64. The lowest BCUT2D eigenvalue weighted by atomic mass is 9.96. The monoisotopic (exact) mass is 679 g/mol. The summed E-state index contributed by atoms with van der Waals surface area (Å²) >= 11 is 0. The second kappa shape index (κ2) is 18.8. The molecular formula is C40H61N3O6. The number of alkyl carbamates (subject to hydrolysis) is 1. The summed E-state index contributed by atoms with van der Waals surface area (Å²) < 4.78 is 11.3. The van der Waals surface area contributed by atoms with Crippen molar-refractivity contribution < 1.29 is 28.7 Å². The van der Waals surface area contributed by atoms with Crippen molar-refractivity contribution >= 4 is 23.9 Å². The molecule has 0 heterocycles. The molecule has 272 valence electrons. The molecule has 0 aromatic heterocycles. The molecule has 3 unspecified atom stereocenters. The summed E-state index contributed by atoms with van der Waals surface area (Å²) in [5.41, 5.74) is 1.82. The highest BCUT2D eigenvalue weighted by atomic mass is 16.6. The van der Waals surface area contributed by atoms with E-state index >= 15 is 0 Å². The lowest BCUT2D eigenvalue weighted by Crippen LogP contribution is -2.55. The average molecular weight is 680 g/mol. The highest BCUT2D eigenvalue weighted by Gasteiger charge is 2.38. The Kier molecular flexibility index (Phi) is 15.8. The van der Waals surface area contributed by atoms with Gasteiger partial charge >= 0.3 is 12.1 Å². The maximum Gasteiger partial charge on any atom is 0.408 e. The molecule has 0 aliphatic rings. The molecule has 0 radical (unpaired) electrons. The van der Waals surface area contributed by atoms with Gasteiger partial charge in [-0.3, -0.25) is 9.59 Å². The Morgan fingerprint density at radius 2 is 1.37 bits per heavy atom. The number of aryl methyl sites for hydroxylation is 2. The van der Waals surface area contributed by atoms with Crippen molar-refractivity contribution in [3.63, 3.8) is 0 Å². The van der Waals surface area contributed by atoms with Gasteiger partial charge in [-0.2, -0.15) is 0 Å². The van der Waals surface area contributed by atoms with Crippen LogP contribution in [0.3, 0.4) is 0 Å².